The molecular formula is C14H16N2O. The van der Waals surface area contributed by atoms with Crippen molar-refractivity contribution in [2.75, 3.05) is 18.0 Å². The second kappa shape index (κ2) is 5.01. The molecule has 0 spiro atoms. The van der Waals surface area contributed by atoms with Crippen LogP contribution in [0.1, 0.15) is 25.3 Å². The van der Waals surface area contributed by atoms with Gasteiger partial charge in [0.05, 0.1) is 11.6 Å². The highest BCUT2D eigenvalue weighted by Gasteiger charge is 2.23. The number of piperidine rings is 1. The number of hydrogen-bond donors (Lipinski definition) is 0. The predicted molar refractivity (Wildman–Crippen MR) is 66.8 cm³/mol. The van der Waals surface area contributed by atoms with E-state index in [-0.39, 0.29) is 11.7 Å². The first-order chi connectivity index (χ1) is 8.20. The largest absolute Gasteiger partial charge is 0.371 e. The zero-order valence-corrected chi connectivity index (χ0v) is 10.0. The van der Waals surface area contributed by atoms with Crippen molar-refractivity contribution >= 4 is 11.5 Å². The highest BCUT2D eigenvalue weighted by Crippen LogP contribution is 2.23. The number of Topliss-reactive ketones (excluding diaryl/α,β-unsaturated/α-hetero) is 1. The first-order valence-corrected chi connectivity index (χ1v) is 5.96. The van der Waals surface area contributed by atoms with Crippen molar-refractivity contribution in [2.24, 2.45) is 5.92 Å². The predicted octanol–water partition coefficient (Wildman–Crippen LogP) is 2.36. The molecule has 0 aliphatic carbocycles. The molecule has 1 aromatic carbocycles. The van der Waals surface area contributed by atoms with Crippen molar-refractivity contribution in [3.8, 4) is 6.07 Å². The van der Waals surface area contributed by atoms with E-state index < -0.39 is 0 Å². The molecule has 1 aliphatic heterocycles. The van der Waals surface area contributed by atoms with Crippen LogP contribution in [0.2, 0.25) is 0 Å². The van der Waals surface area contributed by atoms with E-state index in [0.717, 1.165) is 31.6 Å². The summed E-state index contributed by atoms with van der Waals surface area (Å²) in [7, 11) is 0. The number of carbonyl (C=O) groups excluding carboxylic acids is 1. The molecule has 3 nitrogen and oxygen atoms in total. The molecule has 3 heteroatoms. The first-order valence-electron chi connectivity index (χ1n) is 5.96. The smallest absolute Gasteiger partial charge is 0.134 e. The number of rotatable bonds is 2. The molecular weight excluding hydrogens is 212 g/mol. The van der Waals surface area contributed by atoms with Gasteiger partial charge in [-0.15, -0.1) is 0 Å². The monoisotopic (exact) mass is 228 g/mol. The normalized spacial score (nSPS) is 19.8. The van der Waals surface area contributed by atoms with Crippen LogP contribution in [-0.4, -0.2) is 18.9 Å². The molecule has 0 bridgehead atoms. The van der Waals surface area contributed by atoms with Gasteiger partial charge in [-0.05, 0) is 44.0 Å². The Kier molecular flexibility index (Phi) is 3.43. The minimum absolute atomic E-state index is 0.166. The van der Waals surface area contributed by atoms with Gasteiger partial charge in [-0.1, -0.05) is 0 Å². The van der Waals surface area contributed by atoms with E-state index in [2.05, 4.69) is 11.0 Å². The SMILES string of the molecule is CC(=O)C1CCCN(c2ccc(C#N)cc2)C1. The second-order valence-electron chi connectivity index (χ2n) is 4.55. The summed E-state index contributed by atoms with van der Waals surface area (Å²) in [5, 5.41) is 8.75. The van der Waals surface area contributed by atoms with Crippen LogP contribution in [-0.2, 0) is 4.79 Å². The van der Waals surface area contributed by atoms with Gasteiger partial charge in [0, 0.05) is 24.7 Å². The lowest BCUT2D eigenvalue weighted by Gasteiger charge is -2.33. The van der Waals surface area contributed by atoms with Gasteiger partial charge in [-0.25, -0.2) is 0 Å². The second-order valence-corrected chi connectivity index (χ2v) is 4.55. The molecule has 1 heterocycles. The summed E-state index contributed by atoms with van der Waals surface area (Å²) in [5.74, 6) is 0.447. The lowest BCUT2D eigenvalue weighted by Crippen LogP contribution is -2.38. The summed E-state index contributed by atoms with van der Waals surface area (Å²) in [6.45, 7) is 3.48. The lowest BCUT2D eigenvalue weighted by molar-refractivity contribution is -0.120. The van der Waals surface area contributed by atoms with Gasteiger partial charge >= 0.3 is 0 Å². The van der Waals surface area contributed by atoms with Crippen LogP contribution in [0, 0.1) is 17.2 Å². The van der Waals surface area contributed by atoms with Crippen molar-refractivity contribution in [3.05, 3.63) is 29.8 Å². The molecule has 1 atom stereocenters. The van der Waals surface area contributed by atoms with Crippen molar-refractivity contribution in [3.63, 3.8) is 0 Å². The fourth-order valence-corrected chi connectivity index (χ4v) is 2.29. The standard InChI is InChI=1S/C14H16N2O/c1-11(17)13-3-2-8-16(10-13)14-6-4-12(9-15)5-7-14/h4-7,13H,2-3,8,10H2,1H3. The Morgan fingerprint density at radius 3 is 2.71 bits per heavy atom. The fraction of sp³-hybridized carbons (Fsp3) is 0.429. The number of benzene rings is 1. The zero-order chi connectivity index (χ0) is 12.3. The average molecular weight is 228 g/mol. The lowest BCUT2D eigenvalue weighted by atomic mass is 9.94. The van der Waals surface area contributed by atoms with Gasteiger partial charge < -0.3 is 4.90 Å². The zero-order valence-electron chi connectivity index (χ0n) is 10.0. The van der Waals surface area contributed by atoms with Crippen molar-refractivity contribution in [1.82, 2.24) is 0 Å². The van der Waals surface area contributed by atoms with Gasteiger partial charge in [0.25, 0.3) is 0 Å². The summed E-state index contributed by atoms with van der Waals surface area (Å²) >= 11 is 0. The summed E-state index contributed by atoms with van der Waals surface area (Å²) in [5.41, 5.74) is 1.78. The summed E-state index contributed by atoms with van der Waals surface area (Å²) in [6, 6.07) is 9.68. The maximum absolute atomic E-state index is 11.4. The van der Waals surface area contributed by atoms with Crippen LogP contribution in [0.15, 0.2) is 24.3 Å². The molecule has 0 amide bonds. The molecule has 1 unspecified atom stereocenters. The maximum atomic E-state index is 11.4. The van der Waals surface area contributed by atoms with E-state index in [0.29, 0.717) is 5.56 Å². The Labute approximate surface area is 102 Å². The highest BCUT2D eigenvalue weighted by molar-refractivity contribution is 5.79. The van der Waals surface area contributed by atoms with Crippen LogP contribution < -0.4 is 4.90 Å². The molecule has 1 saturated heterocycles. The Morgan fingerprint density at radius 2 is 2.12 bits per heavy atom. The number of hydrogen-bond acceptors (Lipinski definition) is 3. The number of nitriles is 1. The van der Waals surface area contributed by atoms with Crippen molar-refractivity contribution in [2.45, 2.75) is 19.8 Å². The molecule has 88 valence electrons. The van der Waals surface area contributed by atoms with E-state index in [1.165, 1.54) is 0 Å². The molecule has 2 rings (SSSR count). The topological polar surface area (TPSA) is 44.1 Å². The fourth-order valence-electron chi connectivity index (χ4n) is 2.29. The summed E-state index contributed by atoms with van der Waals surface area (Å²) in [6.07, 6.45) is 2.06. The molecule has 0 aromatic heterocycles. The Balaban J connectivity index is 2.11. The van der Waals surface area contributed by atoms with Gasteiger partial charge in [0.15, 0.2) is 0 Å². The van der Waals surface area contributed by atoms with Crippen molar-refractivity contribution < 1.29 is 4.79 Å². The van der Waals surface area contributed by atoms with Crippen LogP contribution in [0.5, 0.6) is 0 Å². The Morgan fingerprint density at radius 1 is 1.41 bits per heavy atom. The molecule has 0 saturated carbocycles. The van der Waals surface area contributed by atoms with Gasteiger partial charge in [0.1, 0.15) is 5.78 Å². The highest BCUT2D eigenvalue weighted by atomic mass is 16.1. The minimum Gasteiger partial charge on any atom is -0.371 e. The third kappa shape index (κ3) is 2.65. The molecule has 0 N–H and O–H groups in total. The molecule has 1 aromatic rings. The molecule has 1 fully saturated rings. The first kappa shape index (κ1) is 11.7. The average Bonchev–Trinajstić information content (AvgIpc) is 2.39. The number of carbonyl (C=O) groups is 1. The van der Waals surface area contributed by atoms with Gasteiger partial charge in [-0.3, -0.25) is 4.79 Å². The van der Waals surface area contributed by atoms with Gasteiger partial charge in [-0.2, -0.15) is 5.26 Å². The van der Waals surface area contributed by atoms with E-state index in [1.54, 1.807) is 6.92 Å². The molecule has 0 radical (unpaired) electrons. The third-order valence-electron chi connectivity index (χ3n) is 3.36. The summed E-state index contributed by atoms with van der Waals surface area (Å²) < 4.78 is 0. The number of nitrogens with zero attached hydrogens (tertiary/aromatic N) is 2. The number of ketones is 1. The van der Waals surface area contributed by atoms with E-state index in [4.69, 9.17) is 5.26 Å². The minimum atomic E-state index is 0.166. The molecule has 17 heavy (non-hydrogen) atoms. The van der Waals surface area contributed by atoms with Gasteiger partial charge in [0.2, 0.25) is 0 Å². The van der Waals surface area contributed by atoms with E-state index in [1.807, 2.05) is 24.3 Å². The molecule has 1 aliphatic rings. The van der Waals surface area contributed by atoms with Crippen LogP contribution in [0.25, 0.3) is 0 Å². The van der Waals surface area contributed by atoms with Crippen molar-refractivity contribution in [1.29, 1.82) is 5.26 Å². The number of anilines is 1. The summed E-state index contributed by atoms with van der Waals surface area (Å²) in [4.78, 5) is 13.6. The third-order valence-corrected chi connectivity index (χ3v) is 3.36. The van der Waals surface area contributed by atoms with Crippen LogP contribution in [0.3, 0.4) is 0 Å². The Hall–Kier alpha value is -1.82. The van der Waals surface area contributed by atoms with Crippen LogP contribution in [0.4, 0.5) is 5.69 Å². The Bertz CT molecular complexity index is 444. The quantitative estimate of drug-likeness (QED) is 0.780. The van der Waals surface area contributed by atoms with E-state index >= 15 is 0 Å². The maximum Gasteiger partial charge on any atom is 0.134 e. The van der Waals surface area contributed by atoms with Crippen LogP contribution >= 0.6 is 0 Å². The van der Waals surface area contributed by atoms with E-state index in [9.17, 15) is 4.79 Å².